The quantitative estimate of drug-likeness (QED) is 0.704. The molecular formula is C19H21Cl2NO4S. The molecule has 0 N–H and O–H groups in total. The maximum Gasteiger partial charge on any atom is 0.225 e. The lowest BCUT2D eigenvalue weighted by atomic mass is 10.1. The molecule has 8 heteroatoms. The summed E-state index contributed by atoms with van der Waals surface area (Å²) < 4.78 is 29.6. The molecule has 2 aromatic rings. The number of nitrogens with zero attached hydrogens (tertiary/aromatic N) is 1. The third-order valence-corrected chi connectivity index (χ3v) is 7.11. The SMILES string of the molecule is CC(C)C(=O)N(Cc1ccc(-c2ccc(Cl)c(Cl)c2)o1)C1CCS(=O)(=O)C1. The molecule has 1 unspecified atom stereocenters. The Morgan fingerprint density at radius 2 is 1.96 bits per heavy atom. The van der Waals surface area contributed by atoms with Crippen LogP contribution in [0.3, 0.4) is 0 Å². The van der Waals surface area contributed by atoms with E-state index in [1.807, 2.05) is 13.8 Å². The van der Waals surface area contributed by atoms with E-state index < -0.39 is 9.84 Å². The van der Waals surface area contributed by atoms with Crippen LogP contribution in [0.15, 0.2) is 34.7 Å². The molecule has 27 heavy (non-hydrogen) atoms. The Labute approximate surface area is 169 Å². The highest BCUT2D eigenvalue weighted by atomic mass is 35.5. The van der Waals surface area contributed by atoms with Gasteiger partial charge in [0.15, 0.2) is 9.84 Å². The monoisotopic (exact) mass is 429 g/mol. The Kier molecular flexibility index (Phi) is 5.89. The van der Waals surface area contributed by atoms with Gasteiger partial charge in [-0.1, -0.05) is 37.0 Å². The first-order valence-corrected chi connectivity index (χ1v) is 11.3. The summed E-state index contributed by atoms with van der Waals surface area (Å²) in [7, 11) is -3.09. The summed E-state index contributed by atoms with van der Waals surface area (Å²) in [5.41, 5.74) is 0.779. The molecule has 0 radical (unpaired) electrons. The van der Waals surface area contributed by atoms with Gasteiger partial charge in [-0.2, -0.15) is 0 Å². The van der Waals surface area contributed by atoms with Gasteiger partial charge in [0.05, 0.1) is 28.1 Å². The standard InChI is InChI=1S/C19H21Cl2NO4S/c1-12(2)19(23)22(14-7-8-27(24,25)11-14)10-15-4-6-18(26-15)13-3-5-16(20)17(21)9-13/h3-6,9,12,14H,7-8,10-11H2,1-2H3. The predicted molar refractivity (Wildman–Crippen MR) is 107 cm³/mol. The van der Waals surface area contributed by atoms with Crippen molar-refractivity contribution >= 4 is 38.9 Å². The van der Waals surface area contributed by atoms with Gasteiger partial charge in [0, 0.05) is 17.5 Å². The van der Waals surface area contributed by atoms with Gasteiger partial charge in [0.2, 0.25) is 5.91 Å². The average molecular weight is 430 g/mol. The van der Waals surface area contributed by atoms with Gasteiger partial charge in [-0.3, -0.25) is 4.79 Å². The minimum absolute atomic E-state index is 0.00577. The van der Waals surface area contributed by atoms with E-state index in [9.17, 15) is 13.2 Å². The molecular weight excluding hydrogens is 409 g/mol. The van der Waals surface area contributed by atoms with E-state index in [4.69, 9.17) is 27.6 Å². The second-order valence-corrected chi connectivity index (χ2v) is 10.1. The first-order chi connectivity index (χ1) is 12.7. The van der Waals surface area contributed by atoms with Crippen LogP contribution in [0.4, 0.5) is 0 Å². The fourth-order valence-corrected chi connectivity index (χ4v) is 5.20. The third kappa shape index (κ3) is 4.68. The smallest absolute Gasteiger partial charge is 0.225 e. The van der Waals surface area contributed by atoms with Crippen molar-refractivity contribution in [3.05, 3.63) is 46.1 Å². The van der Waals surface area contributed by atoms with Gasteiger partial charge >= 0.3 is 0 Å². The first kappa shape index (κ1) is 20.2. The van der Waals surface area contributed by atoms with Crippen LogP contribution < -0.4 is 0 Å². The number of hydrogen-bond donors (Lipinski definition) is 0. The van der Waals surface area contributed by atoms with E-state index in [-0.39, 0.29) is 35.9 Å². The number of benzene rings is 1. The summed E-state index contributed by atoms with van der Waals surface area (Å²) in [5, 5.41) is 0.892. The first-order valence-electron chi connectivity index (χ1n) is 8.71. The van der Waals surface area contributed by atoms with Crippen LogP contribution in [0.1, 0.15) is 26.0 Å². The molecule has 3 rings (SSSR count). The van der Waals surface area contributed by atoms with Gasteiger partial charge in [0.25, 0.3) is 0 Å². The lowest BCUT2D eigenvalue weighted by Gasteiger charge is -2.29. The molecule has 1 aliphatic rings. The molecule has 1 aliphatic heterocycles. The van der Waals surface area contributed by atoms with Crippen LogP contribution in [0, 0.1) is 5.92 Å². The number of carbonyl (C=O) groups is 1. The minimum Gasteiger partial charge on any atom is -0.459 e. The fraction of sp³-hybridized carbons (Fsp3) is 0.421. The molecule has 0 bridgehead atoms. The van der Waals surface area contributed by atoms with E-state index in [1.165, 1.54) is 0 Å². The summed E-state index contributed by atoms with van der Waals surface area (Å²) in [6.45, 7) is 3.85. The van der Waals surface area contributed by atoms with Crippen LogP contribution in [0.25, 0.3) is 11.3 Å². The number of furan rings is 1. The highest BCUT2D eigenvalue weighted by Crippen LogP contribution is 2.30. The Balaban J connectivity index is 1.83. The second kappa shape index (κ2) is 7.86. The minimum atomic E-state index is -3.09. The van der Waals surface area contributed by atoms with Crippen molar-refractivity contribution in [1.29, 1.82) is 0 Å². The molecule has 1 amide bonds. The molecule has 1 fully saturated rings. The van der Waals surface area contributed by atoms with E-state index >= 15 is 0 Å². The lowest BCUT2D eigenvalue weighted by molar-refractivity contribution is -0.137. The Bertz CT molecular complexity index is 952. The van der Waals surface area contributed by atoms with Crippen LogP contribution in [-0.4, -0.2) is 36.8 Å². The van der Waals surface area contributed by atoms with E-state index in [2.05, 4.69) is 0 Å². The molecule has 1 atom stereocenters. The summed E-state index contributed by atoms with van der Waals surface area (Å²) in [6, 6.07) is 8.49. The maximum absolute atomic E-state index is 12.7. The zero-order chi connectivity index (χ0) is 19.8. The number of rotatable bonds is 5. The van der Waals surface area contributed by atoms with E-state index in [1.54, 1.807) is 35.2 Å². The Morgan fingerprint density at radius 3 is 2.56 bits per heavy atom. The van der Waals surface area contributed by atoms with Gasteiger partial charge in [-0.05, 0) is 36.8 Å². The molecule has 5 nitrogen and oxygen atoms in total. The number of hydrogen-bond acceptors (Lipinski definition) is 4. The number of halogens is 2. The zero-order valence-corrected chi connectivity index (χ0v) is 17.4. The maximum atomic E-state index is 12.7. The van der Waals surface area contributed by atoms with Crippen molar-refractivity contribution in [2.24, 2.45) is 5.92 Å². The largest absolute Gasteiger partial charge is 0.459 e. The van der Waals surface area contributed by atoms with Crippen LogP contribution in [0.2, 0.25) is 10.0 Å². The van der Waals surface area contributed by atoms with Crippen molar-refractivity contribution in [1.82, 2.24) is 4.90 Å². The van der Waals surface area contributed by atoms with Crippen molar-refractivity contribution in [3.63, 3.8) is 0 Å². The molecule has 1 aromatic carbocycles. The molecule has 146 valence electrons. The van der Waals surface area contributed by atoms with Gasteiger partial charge in [0.1, 0.15) is 11.5 Å². The van der Waals surface area contributed by atoms with Crippen LogP contribution in [0.5, 0.6) is 0 Å². The van der Waals surface area contributed by atoms with Gasteiger partial charge in [-0.15, -0.1) is 0 Å². The normalized spacial score (nSPS) is 18.8. The van der Waals surface area contributed by atoms with Crippen LogP contribution >= 0.6 is 23.2 Å². The van der Waals surface area contributed by atoms with E-state index in [0.717, 1.165) is 5.56 Å². The molecule has 1 saturated heterocycles. The second-order valence-electron chi connectivity index (χ2n) is 7.07. The fourth-order valence-electron chi connectivity index (χ4n) is 3.18. The molecule has 0 aliphatic carbocycles. The third-order valence-electron chi connectivity index (χ3n) is 4.62. The lowest BCUT2D eigenvalue weighted by Crippen LogP contribution is -2.42. The van der Waals surface area contributed by atoms with Crippen molar-refractivity contribution in [2.75, 3.05) is 11.5 Å². The summed E-state index contributed by atoms with van der Waals surface area (Å²) >= 11 is 12.0. The van der Waals surface area contributed by atoms with Crippen molar-refractivity contribution in [3.8, 4) is 11.3 Å². The molecule has 2 heterocycles. The highest BCUT2D eigenvalue weighted by Gasteiger charge is 2.35. The average Bonchev–Trinajstić information content (AvgIpc) is 3.20. The topological polar surface area (TPSA) is 67.6 Å². The van der Waals surface area contributed by atoms with Crippen molar-refractivity contribution < 1.29 is 17.6 Å². The summed E-state index contributed by atoms with van der Waals surface area (Å²) in [4.78, 5) is 14.3. The Hall–Kier alpha value is -1.50. The molecule has 0 saturated carbocycles. The van der Waals surface area contributed by atoms with Gasteiger partial charge < -0.3 is 9.32 Å². The molecule has 0 spiro atoms. The summed E-state index contributed by atoms with van der Waals surface area (Å²) in [5.74, 6) is 1.02. The van der Waals surface area contributed by atoms with Crippen LogP contribution in [-0.2, 0) is 21.2 Å². The Morgan fingerprint density at radius 1 is 1.22 bits per heavy atom. The molecule has 1 aromatic heterocycles. The number of amides is 1. The van der Waals surface area contributed by atoms with Gasteiger partial charge in [-0.25, -0.2) is 8.42 Å². The van der Waals surface area contributed by atoms with Crippen molar-refractivity contribution in [2.45, 2.75) is 32.9 Å². The predicted octanol–water partition coefficient (Wildman–Crippen LogP) is 4.43. The number of carbonyl (C=O) groups excluding carboxylic acids is 1. The zero-order valence-electron chi connectivity index (χ0n) is 15.1. The number of sulfone groups is 1. The summed E-state index contributed by atoms with van der Waals surface area (Å²) in [6.07, 6.45) is 0.459. The van der Waals surface area contributed by atoms with E-state index in [0.29, 0.717) is 28.0 Å². The highest BCUT2D eigenvalue weighted by molar-refractivity contribution is 7.91.